The molecule has 2 amide bonds. The third-order valence-electron chi connectivity index (χ3n) is 3.37. The fourth-order valence-corrected chi connectivity index (χ4v) is 2.09. The van der Waals surface area contributed by atoms with Gasteiger partial charge in [-0.1, -0.05) is 12.1 Å². The van der Waals surface area contributed by atoms with E-state index < -0.39 is 11.8 Å². The number of rotatable bonds is 7. The molecule has 2 aromatic rings. The first kappa shape index (κ1) is 18.1. The van der Waals surface area contributed by atoms with E-state index in [1.54, 1.807) is 12.1 Å². The maximum Gasteiger partial charge on any atom is 0.335 e. The summed E-state index contributed by atoms with van der Waals surface area (Å²) in [4.78, 5) is 34.4. The molecule has 0 atom stereocenters. The molecule has 0 unspecified atom stereocenters. The predicted octanol–water partition coefficient (Wildman–Crippen LogP) is 2.56. The Kier molecular flexibility index (Phi) is 6.22. The van der Waals surface area contributed by atoms with E-state index in [2.05, 4.69) is 10.6 Å². The summed E-state index contributed by atoms with van der Waals surface area (Å²) >= 11 is 0. The van der Waals surface area contributed by atoms with Crippen LogP contribution in [0.4, 0.5) is 10.1 Å². The van der Waals surface area contributed by atoms with Crippen molar-refractivity contribution < 1.29 is 23.9 Å². The highest BCUT2D eigenvalue weighted by Crippen LogP contribution is 2.09. The number of carbonyl (C=O) groups excluding carboxylic acids is 2. The summed E-state index contributed by atoms with van der Waals surface area (Å²) in [5, 5.41) is 14.1. The summed E-state index contributed by atoms with van der Waals surface area (Å²) in [6.07, 6.45) is -0.0238. The number of carbonyl (C=O) groups is 3. The van der Waals surface area contributed by atoms with Crippen LogP contribution in [-0.4, -0.2) is 22.9 Å². The van der Waals surface area contributed by atoms with Gasteiger partial charge in [0.2, 0.25) is 11.8 Å². The normalized spacial score (nSPS) is 10.1. The molecule has 0 aliphatic carbocycles. The zero-order chi connectivity index (χ0) is 18.2. The molecular weight excluding hydrogens is 327 g/mol. The molecule has 7 heteroatoms. The van der Waals surface area contributed by atoms with E-state index in [1.165, 1.54) is 36.4 Å². The quantitative estimate of drug-likeness (QED) is 0.719. The summed E-state index contributed by atoms with van der Waals surface area (Å²) in [6.45, 7) is 0.180. The Labute approximate surface area is 143 Å². The van der Waals surface area contributed by atoms with E-state index in [9.17, 15) is 18.8 Å². The average Bonchev–Trinajstić information content (AvgIpc) is 2.60. The fraction of sp³-hybridized carbons (Fsp3) is 0.167. The van der Waals surface area contributed by atoms with Crippen molar-refractivity contribution in [2.24, 2.45) is 0 Å². The van der Waals surface area contributed by atoms with Gasteiger partial charge in [-0.2, -0.15) is 0 Å². The Balaban J connectivity index is 1.75. The highest BCUT2D eigenvalue weighted by molar-refractivity contribution is 5.93. The summed E-state index contributed by atoms with van der Waals surface area (Å²) < 4.78 is 12.8. The van der Waals surface area contributed by atoms with Gasteiger partial charge in [-0.3, -0.25) is 9.59 Å². The number of hydrogen-bond acceptors (Lipinski definition) is 3. The van der Waals surface area contributed by atoms with Crippen LogP contribution in [-0.2, 0) is 16.1 Å². The molecule has 0 spiro atoms. The third-order valence-corrected chi connectivity index (χ3v) is 3.37. The van der Waals surface area contributed by atoms with E-state index >= 15 is 0 Å². The van der Waals surface area contributed by atoms with Crippen molar-refractivity contribution in [1.29, 1.82) is 0 Å². The summed E-state index contributed by atoms with van der Waals surface area (Å²) in [5.41, 5.74) is 1.26. The largest absolute Gasteiger partial charge is 0.478 e. The van der Waals surface area contributed by atoms with Crippen molar-refractivity contribution in [3.8, 4) is 0 Å². The van der Waals surface area contributed by atoms with Crippen molar-refractivity contribution in [2.75, 3.05) is 5.32 Å². The van der Waals surface area contributed by atoms with Crippen LogP contribution in [0.2, 0.25) is 0 Å². The van der Waals surface area contributed by atoms with Crippen LogP contribution in [0.25, 0.3) is 0 Å². The first-order chi connectivity index (χ1) is 11.9. The maximum atomic E-state index is 12.8. The number of benzene rings is 2. The van der Waals surface area contributed by atoms with Crippen LogP contribution < -0.4 is 10.6 Å². The minimum atomic E-state index is -1.04. The van der Waals surface area contributed by atoms with Crippen molar-refractivity contribution in [1.82, 2.24) is 5.32 Å². The minimum absolute atomic E-state index is 0.00828. The van der Waals surface area contributed by atoms with E-state index in [0.29, 0.717) is 11.3 Å². The second-order valence-electron chi connectivity index (χ2n) is 5.34. The van der Waals surface area contributed by atoms with Crippen molar-refractivity contribution in [3.05, 3.63) is 65.5 Å². The monoisotopic (exact) mass is 344 g/mol. The van der Waals surface area contributed by atoms with Gasteiger partial charge in [-0.05, 0) is 42.0 Å². The number of amides is 2. The molecule has 2 rings (SSSR count). The topological polar surface area (TPSA) is 95.5 Å². The lowest BCUT2D eigenvalue weighted by molar-refractivity contribution is -0.124. The zero-order valence-corrected chi connectivity index (χ0v) is 13.3. The molecule has 130 valence electrons. The minimum Gasteiger partial charge on any atom is -0.478 e. The molecule has 0 saturated carbocycles. The second kappa shape index (κ2) is 8.58. The highest BCUT2D eigenvalue weighted by atomic mass is 19.1. The van der Waals surface area contributed by atoms with Gasteiger partial charge in [-0.25, -0.2) is 9.18 Å². The van der Waals surface area contributed by atoms with E-state index in [-0.39, 0.29) is 36.8 Å². The first-order valence-corrected chi connectivity index (χ1v) is 7.58. The molecule has 3 N–H and O–H groups in total. The number of carboxylic acid groups (broad SMARTS) is 1. The fourth-order valence-electron chi connectivity index (χ4n) is 2.09. The molecule has 6 nitrogen and oxygen atoms in total. The molecule has 25 heavy (non-hydrogen) atoms. The summed E-state index contributed by atoms with van der Waals surface area (Å²) in [6, 6.07) is 11.6. The molecule has 2 aromatic carbocycles. The van der Waals surface area contributed by atoms with Crippen molar-refractivity contribution in [2.45, 2.75) is 19.4 Å². The SMILES string of the molecule is O=C(CCC(=O)Nc1ccc(F)cc1)NCc1cccc(C(=O)O)c1. The van der Waals surface area contributed by atoms with Crippen molar-refractivity contribution in [3.63, 3.8) is 0 Å². The maximum absolute atomic E-state index is 12.8. The molecule has 0 fully saturated rings. The average molecular weight is 344 g/mol. The lowest BCUT2D eigenvalue weighted by Gasteiger charge is -2.07. The van der Waals surface area contributed by atoms with Crippen molar-refractivity contribution >= 4 is 23.5 Å². The van der Waals surface area contributed by atoms with E-state index in [4.69, 9.17) is 5.11 Å². The number of anilines is 1. The molecule has 0 bridgehead atoms. The van der Waals surface area contributed by atoms with Crippen LogP contribution in [0.1, 0.15) is 28.8 Å². The summed E-state index contributed by atoms with van der Waals surface area (Å²) in [7, 11) is 0. The van der Waals surface area contributed by atoms with Crippen LogP contribution in [0.15, 0.2) is 48.5 Å². The molecule has 0 aliphatic rings. The Morgan fingerprint density at radius 1 is 0.960 bits per heavy atom. The molecule has 0 aromatic heterocycles. The Morgan fingerprint density at radius 2 is 1.64 bits per heavy atom. The molecule has 0 heterocycles. The third kappa shape index (κ3) is 6.06. The van der Waals surface area contributed by atoms with Gasteiger partial charge in [0.05, 0.1) is 5.56 Å². The van der Waals surface area contributed by atoms with Gasteiger partial charge in [0.15, 0.2) is 0 Å². The van der Waals surface area contributed by atoms with E-state index in [1.807, 2.05) is 0 Å². The van der Waals surface area contributed by atoms with Gasteiger partial charge < -0.3 is 15.7 Å². The number of aromatic carboxylic acids is 1. The van der Waals surface area contributed by atoms with Crippen LogP contribution in [0, 0.1) is 5.82 Å². The first-order valence-electron chi connectivity index (χ1n) is 7.58. The van der Waals surface area contributed by atoms with Gasteiger partial charge in [-0.15, -0.1) is 0 Å². The Morgan fingerprint density at radius 3 is 2.32 bits per heavy atom. The Bertz CT molecular complexity index is 775. The lowest BCUT2D eigenvalue weighted by Crippen LogP contribution is -2.24. The molecule has 0 radical (unpaired) electrons. The number of nitrogens with one attached hydrogen (secondary N) is 2. The van der Waals surface area contributed by atoms with Gasteiger partial charge >= 0.3 is 5.97 Å². The molecule has 0 aliphatic heterocycles. The number of carboxylic acids is 1. The lowest BCUT2D eigenvalue weighted by atomic mass is 10.1. The van der Waals surface area contributed by atoms with Gasteiger partial charge in [0.25, 0.3) is 0 Å². The van der Waals surface area contributed by atoms with E-state index in [0.717, 1.165) is 0 Å². The Hall–Kier alpha value is -3.22. The van der Waals surface area contributed by atoms with Gasteiger partial charge in [0.1, 0.15) is 5.82 Å². The smallest absolute Gasteiger partial charge is 0.335 e. The van der Waals surface area contributed by atoms with Crippen LogP contribution in [0.3, 0.4) is 0 Å². The number of hydrogen-bond donors (Lipinski definition) is 3. The molecular formula is C18H17FN2O4. The second-order valence-corrected chi connectivity index (χ2v) is 5.34. The van der Waals surface area contributed by atoms with Crippen LogP contribution in [0.5, 0.6) is 0 Å². The zero-order valence-electron chi connectivity index (χ0n) is 13.3. The number of halogens is 1. The van der Waals surface area contributed by atoms with Crippen LogP contribution >= 0.6 is 0 Å². The van der Waals surface area contributed by atoms with Gasteiger partial charge in [0, 0.05) is 25.1 Å². The molecule has 0 saturated heterocycles. The summed E-state index contributed by atoms with van der Waals surface area (Å²) in [5.74, 6) is -2.11. The standard InChI is InChI=1S/C18H17FN2O4/c19-14-4-6-15(7-5-14)21-17(23)9-8-16(22)20-11-12-2-1-3-13(10-12)18(24)25/h1-7,10H,8-9,11H2,(H,20,22)(H,21,23)(H,24,25). The predicted molar refractivity (Wildman–Crippen MR) is 89.5 cm³/mol. The highest BCUT2D eigenvalue weighted by Gasteiger charge is 2.08.